The van der Waals surface area contributed by atoms with E-state index in [0.717, 1.165) is 39.0 Å². The van der Waals surface area contributed by atoms with Gasteiger partial charge in [0.2, 0.25) is 0 Å². The van der Waals surface area contributed by atoms with E-state index in [2.05, 4.69) is 20.3 Å². The second kappa shape index (κ2) is 5.41. The molecule has 0 aliphatic heterocycles. The van der Waals surface area contributed by atoms with E-state index < -0.39 is 0 Å². The van der Waals surface area contributed by atoms with Crippen LogP contribution in [0, 0.1) is 6.92 Å². The third-order valence-corrected chi connectivity index (χ3v) is 4.44. The van der Waals surface area contributed by atoms with Gasteiger partial charge in [-0.25, -0.2) is 9.97 Å². The number of aromatic amines is 1. The van der Waals surface area contributed by atoms with E-state index in [0.29, 0.717) is 10.0 Å². The molecular weight excluding hydrogens is 331 g/mol. The molecule has 2 N–H and O–H groups in total. The van der Waals surface area contributed by atoms with Gasteiger partial charge in [-0.1, -0.05) is 23.2 Å². The van der Waals surface area contributed by atoms with Crippen molar-refractivity contribution >= 4 is 56.5 Å². The normalized spacial score (nSPS) is 11.3. The number of fused-ring (bicyclic) bond motifs is 3. The highest BCUT2D eigenvalue weighted by atomic mass is 35.5. The van der Waals surface area contributed by atoms with Crippen LogP contribution in [-0.4, -0.2) is 15.0 Å². The molecule has 0 aliphatic carbocycles. The number of anilines is 2. The van der Waals surface area contributed by atoms with E-state index in [1.807, 2.05) is 31.2 Å². The van der Waals surface area contributed by atoms with E-state index in [9.17, 15) is 0 Å². The summed E-state index contributed by atoms with van der Waals surface area (Å²) >= 11 is 12.1. The van der Waals surface area contributed by atoms with Gasteiger partial charge in [0.05, 0.1) is 21.2 Å². The largest absolute Gasteiger partial charge is 0.358 e. The summed E-state index contributed by atoms with van der Waals surface area (Å²) in [6.07, 6.45) is 1.58. The first-order valence-corrected chi connectivity index (χ1v) is 7.82. The number of nitrogens with one attached hydrogen (secondary N) is 2. The molecule has 6 heteroatoms. The number of H-pyrrole nitrogens is 1. The van der Waals surface area contributed by atoms with Gasteiger partial charge in [-0.2, -0.15) is 0 Å². The highest BCUT2D eigenvalue weighted by Crippen LogP contribution is 2.33. The number of rotatable bonds is 2. The molecule has 0 aliphatic rings. The van der Waals surface area contributed by atoms with Gasteiger partial charge >= 0.3 is 0 Å². The molecule has 2 aromatic heterocycles. The highest BCUT2D eigenvalue weighted by Gasteiger charge is 2.10. The third-order valence-electron chi connectivity index (χ3n) is 3.70. The molecule has 0 radical (unpaired) electrons. The molecule has 4 nitrogen and oxygen atoms in total. The highest BCUT2D eigenvalue weighted by molar-refractivity contribution is 6.42. The molecule has 0 fully saturated rings. The first kappa shape index (κ1) is 14.3. The lowest BCUT2D eigenvalue weighted by Gasteiger charge is -2.12. The number of nitrogens with zero attached hydrogens (tertiary/aromatic N) is 2. The zero-order valence-corrected chi connectivity index (χ0v) is 13.7. The molecule has 0 unspecified atom stereocenters. The van der Waals surface area contributed by atoms with E-state index in [1.54, 1.807) is 18.5 Å². The van der Waals surface area contributed by atoms with Crippen molar-refractivity contribution in [1.29, 1.82) is 0 Å². The fourth-order valence-corrected chi connectivity index (χ4v) is 3.00. The van der Waals surface area contributed by atoms with Crippen molar-refractivity contribution in [3.8, 4) is 0 Å². The summed E-state index contributed by atoms with van der Waals surface area (Å²) in [4.78, 5) is 12.0. The lowest BCUT2D eigenvalue weighted by molar-refractivity contribution is 1.26. The molecule has 2 heterocycles. The zero-order valence-electron chi connectivity index (χ0n) is 12.2. The Balaban J connectivity index is 1.94. The van der Waals surface area contributed by atoms with Crippen LogP contribution in [0.5, 0.6) is 0 Å². The Bertz CT molecular complexity index is 1040. The van der Waals surface area contributed by atoms with E-state index in [-0.39, 0.29) is 0 Å². The molecule has 4 aromatic rings. The fourth-order valence-electron chi connectivity index (χ4n) is 2.71. The van der Waals surface area contributed by atoms with Crippen LogP contribution in [-0.2, 0) is 0 Å². The number of benzene rings is 2. The second-order valence-electron chi connectivity index (χ2n) is 5.35. The summed E-state index contributed by atoms with van der Waals surface area (Å²) in [5.74, 6) is 0. The standard InChI is InChI=1S/C17H12Cl2N4/c1-9-6-15(23-10-2-3-11(18)12(19)7-10)16-13(22-9)4-5-14-17(16)21-8-20-14/h2-8,22-23H,1H3. The van der Waals surface area contributed by atoms with Crippen LogP contribution < -0.4 is 5.32 Å². The van der Waals surface area contributed by atoms with Crippen LogP contribution >= 0.6 is 23.2 Å². The first-order valence-electron chi connectivity index (χ1n) is 7.07. The maximum absolute atomic E-state index is 6.11. The van der Waals surface area contributed by atoms with Gasteiger partial charge in [0.1, 0.15) is 11.8 Å². The Morgan fingerprint density at radius 3 is 2.70 bits per heavy atom. The Kier molecular flexibility index (Phi) is 3.36. The second-order valence-corrected chi connectivity index (χ2v) is 6.16. The average Bonchev–Trinajstić information content (AvgIpc) is 2.99. The molecule has 114 valence electrons. The number of aryl methyl sites for hydroxylation is 1. The molecule has 0 spiro atoms. The van der Waals surface area contributed by atoms with E-state index in [4.69, 9.17) is 23.2 Å². The van der Waals surface area contributed by atoms with Gasteiger partial charge in [-0.05, 0) is 43.3 Å². The van der Waals surface area contributed by atoms with Crippen LogP contribution in [0.4, 0.5) is 11.4 Å². The van der Waals surface area contributed by atoms with E-state index in [1.165, 1.54) is 0 Å². The summed E-state index contributed by atoms with van der Waals surface area (Å²) < 4.78 is 0. The fraction of sp³-hybridized carbons (Fsp3) is 0.0588. The average molecular weight is 343 g/mol. The van der Waals surface area contributed by atoms with E-state index >= 15 is 0 Å². The Morgan fingerprint density at radius 2 is 1.87 bits per heavy atom. The molecule has 0 bridgehead atoms. The van der Waals surface area contributed by atoms with Crippen molar-refractivity contribution < 1.29 is 0 Å². The molecule has 0 amide bonds. The van der Waals surface area contributed by atoms with Crippen molar-refractivity contribution in [2.75, 3.05) is 5.32 Å². The quantitative estimate of drug-likeness (QED) is 0.507. The van der Waals surface area contributed by atoms with Crippen LogP contribution in [0.2, 0.25) is 10.0 Å². The van der Waals surface area contributed by atoms with Gasteiger partial charge < -0.3 is 10.3 Å². The molecule has 23 heavy (non-hydrogen) atoms. The number of aromatic nitrogens is 3. The number of hydrogen-bond donors (Lipinski definition) is 2. The van der Waals surface area contributed by atoms with Crippen LogP contribution in [0.1, 0.15) is 5.69 Å². The topological polar surface area (TPSA) is 53.6 Å². The summed E-state index contributed by atoms with van der Waals surface area (Å²) in [5, 5.41) is 5.45. The van der Waals surface area contributed by atoms with Gasteiger partial charge in [-0.15, -0.1) is 0 Å². The first-order chi connectivity index (χ1) is 11.1. The number of pyridine rings is 1. The predicted molar refractivity (Wildman–Crippen MR) is 95.9 cm³/mol. The third kappa shape index (κ3) is 2.50. The van der Waals surface area contributed by atoms with Gasteiger partial charge in [0.25, 0.3) is 0 Å². The minimum Gasteiger partial charge on any atom is -0.358 e. The molecular formula is C17H12Cl2N4. The molecule has 2 aromatic carbocycles. The van der Waals surface area contributed by atoms with Crippen molar-refractivity contribution in [3.05, 3.63) is 58.5 Å². The van der Waals surface area contributed by atoms with Crippen LogP contribution in [0.15, 0.2) is 42.7 Å². The lowest BCUT2D eigenvalue weighted by atomic mass is 10.1. The summed E-state index contributed by atoms with van der Waals surface area (Å²) in [6.45, 7) is 2.01. The Morgan fingerprint density at radius 1 is 1.00 bits per heavy atom. The van der Waals surface area contributed by atoms with Crippen molar-refractivity contribution in [2.24, 2.45) is 0 Å². The molecule has 4 rings (SSSR count). The minimum absolute atomic E-state index is 0.512. The summed E-state index contributed by atoms with van der Waals surface area (Å²) in [5.41, 5.74) is 5.58. The van der Waals surface area contributed by atoms with Gasteiger partial charge in [-0.3, -0.25) is 0 Å². The predicted octanol–water partition coefficient (Wildman–Crippen LogP) is 5.47. The van der Waals surface area contributed by atoms with Crippen molar-refractivity contribution in [2.45, 2.75) is 6.92 Å². The van der Waals surface area contributed by atoms with Gasteiger partial charge in [0.15, 0.2) is 0 Å². The van der Waals surface area contributed by atoms with Crippen molar-refractivity contribution in [3.63, 3.8) is 0 Å². The van der Waals surface area contributed by atoms with Crippen LogP contribution in [0.3, 0.4) is 0 Å². The lowest BCUT2D eigenvalue weighted by Crippen LogP contribution is -1.95. The minimum atomic E-state index is 0.512. The zero-order chi connectivity index (χ0) is 16.0. The monoisotopic (exact) mass is 342 g/mol. The van der Waals surface area contributed by atoms with Crippen molar-refractivity contribution in [1.82, 2.24) is 15.0 Å². The maximum atomic E-state index is 6.11. The molecule has 0 saturated heterocycles. The number of halogens is 2. The number of imidazole rings is 1. The maximum Gasteiger partial charge on any atom is 0.116 e. The summed E-state index contributed by atoms with van der Waals surface area (Å²) in [6, 6.07) is 11.5. The Labute approximate surface area is 142 Å². The summed E-state index contributed by atoms with van der Waals surface area (Å²) in [7, 11) is 0. The van der Waals surface area contributed by atoms with Gasteiger partial charge in [0, 0.05) is 22.3 Å². The smallest absolute Gasteiger partial charge is 0.116 e. The SMILES string of the molecule is Cc1cc(Nc2ccc(Cl)c(Cl)c2)c2c(ccc3ncnc32)[nH]1. The van der Waals surface area contributed by atoms with Crippen LogP contribution in [0.25, 0.3) is 21.9 Å². The Hall–Kier alpha value is -2.30. The molecule has 0 saturated carbocycles. The number of hydrogen-bond acceptors (Lipinski definition) is 3. The molecule has 0 atom stereocenters.